The van der Waals surface area contributed by atoms with Gasteiger partial charge in [0.15, 0.2) is 12.0 Å². The van der Waals surface area contributed by atoms with Gasteiger partial charge < -0.3 is 55.6 Å². The highest BCUT2D eigenvalue weighted by molar-refractivity contribution is 6.34. The summed E-state index contributed by atoms with van der Waals surface area (Å²) in [4.78, 5) is 101. The molecule has 4 aromatic rings. The van der Waals surface area contributed by atoms with Gasteiger partial charge in [0.05, 0.1) is 74.8 Å². The first-order valence-corrected chi connectivity index (χ1v) is 27.9. The van der Waals surface area contributed by atoms with Crippen molar-refractivity contribution in [3.05, 3.63) is 70.1 Å². The second-order valence-electron chi connectivity index (χ2n) is 21.0. The van der Waals surface area contributed by atoms with E-state index in [0.29, 0.717) is 113 Å². The second-order valence-corrected chi connectivity index (χ2v) is 21.8. The summed E-state index contributed by atoms with van der Waals surface area (Å²) in [6.45, 7) is 6.83. The van der Waals surface area contributed by atoms with Gasteiger partial charge in [0.1, 0.15) is 24.3 Å². The van der Waals surface area contributed by atoms with Gasteiger partial charge >= 0.3 is 17.9 Å². The van der Waals surface area contributed by atoms with Crippen molar-refractivity contribution in [2.24, 2.45) is 5.73 Å². The maximum Gasteiger partial charge on any atom is 0.317 e. The van der Waals surface area contributed by atoms with Gasteiger partial charge in [0.2, 0.25) is 11.8 Å². The maximum absolute atomic E-state index is 14.4. The number of ether oxygens (including phenoxy) is 3. The van der Waals surface area contributed by atoms with Gasteiger partial charge in [0, 0.05) is 116 Å². The second kappa shape index (κ2) is 29.4. The number of carbonyl (C=O) groups is 7. The molecule has 2 atom stereocenters. The van der Waals surface area contributed by atoms with Crippen LogP contribution in [0.2, 0.25) is 10.0 Å². The first kappa shape index (κ1) is 62.8. The molecule has 2 aromatic heterocycles. The first-order valence-electron chi connectivity index (χ1n) is 27.1. The average molecular weight is 1180 g/mol. The number of methoxy groups -OCH3 is 1. The molecule has 3 aliphatic rings. The molecule has 0 aliphatic carbocycles. The molecule has 5 heterocycles. The summed E-state index contributed by atoms with van der Waals surface area (Å²) in [5, 5.41) is 43.1. The van der Waals surface area contributed by atoms with Crippen LogP contribution >= 0.6 is 23.2 Å². The van der Waals surface area contributed by atoms with E-state index in [1.54, 1.807) is 60.8 Å². The molecule has 2 saturated heterocycles. The number of rotatable bonds is 24. The van der Waals surface area contributed by atoms with Gasteiger partial charge in [-0.25, -0.2) is 4.68 Å². The Balaban J connectivity index is 0.913. The molecule has 8 N–H and O–H groups in total. The number of aliphatic carboxylic acids is 3. The van der Waals surface area contributed by atoms with Gasteiger partial charge in [-0.15, -0.1) is 0 Å². The van der Waals surface area contributed by atoms with Gasteiger partial charge in [-0.05, 0) is 70.0 Å². The number of morpholine rings is 1. The summed E-state index contributed by atoms with van der Waals surface area (Å²) in [6.07, 6.45) is 4.94. The van der Waals surface area contributed by atoms with E-state index in [0.717, 1.165) is 6.29 Å². The smallest absolute Gasteiger partial charge is 0.317 e. The highest BCUT2D eigenvalue weighted by Crippen LogP contribution is 2.47. The predicted molar refractivity (Wildman–Crippen MR) is 303 cm³/mol. The third kappa shape index (κ3) is 17.1. The van der Waals surface area contributed by atoms with E-state index in [4.69, 9.17) is 48.2 Å². The molecule has 3 amide bonds. The summed E-state index contributed by atoms with van der Waals surface area (Å²) in [5.41, 5.74) is 9.78. The van der Waals surface area contributed by atoms with Crippen LogP contribution in [0.5, 0.6) is 11.5 Å². The quantitative estimate of drug-likeness (QED) is 0.0392. The van der Waals surface area contributed by atoms with E-state index in [1.165, 1.54) is 13.3 Å². The highest BCUT2D eigenvalue weighted by Gasteiger charge is 2.39. The van der Waals surface area contributed by atoms with Crippen LogP contribution in [0, 0.1) is 0 Å². The van der Waals surface area contributed by atoms with E-state index >= 15 is 0 Å². The summed E-state index contributed by atoms with van der Waals surface area (Å²) in [5.74, 6) is -3.18. The number of aromatic nitrogens is 3. The van der Waals surface area contributed by atoms with Gasteiger partial charge in [-0.3, -0.25) is 58.7 Å². The topological polar surface area (TPSA) is 317 Å². The third-order valence-electron chi connectivity index (χ3n) is 14.4. The number of benzene rings is 2. The molecule has 1 unspecified atom stereocenters. The lowest BCUT2D eigenvalue weighted by molar-refractivity contribution is -0.140. The minimum Gasteiger partial charge on any atom is -0.496 e. The SMILES string of the molecule is COc1cc2c(cc1-c1cncc(NC(=O)CCCNC(=O)[C@H](N)CCCCNC(C=O)N3CCN(CC(=O)O)CCN(CC(=O)O)CCN(CC(=O)O)CC3)c1)-c1c(c(C(=O)N3CCOCC3(C)C)nn1-c1cc(Cl)cc(Cl)c1)CO2. The number of carbonyl (C=O) groups excluding carboxylic acids is 4. The van der Waals surface area contributed by atoms with Crippen LogP contribution in [0.4, 0.5) is 5.69 Å². The fourth-order valence-corrected chi connectivity index (χ4v) is 10.7. The van der Waals surface area contributed by atoms with Crippen LogP contribution in [-0.4, -0.2) is 226 Å². The minimum atomic E-state index is -1.05. The zero-order valence-electron chi connectivity index (χ0n) is 46.2. The Bertz CT molecular complexity index is 2890. The molecule has 27 heteroatoms. The van der Waals surface area contributed by atoms with Gasteiger partial charge in [0.25, 0.3) is 5.91 Å². The van der Waals surface area contributed by atoms with E-state index in [1.807, 2.05) is 24.8 Å². The van der Waals surface area contributed by atoms with Crippen molar-refractivity contribution in [1.29, 1.82) is 0 Å². The number of pyridine rings is 1. The standard InChI is InChI=1S/C55H72Cl2N12O13/c1-55(2)34-81-20-19-68(55)54(79)51-42-33-82-45-26-44(80-3)40(25-41(45)52(42)69(63-51)39-23-36(56)22-37(57)24-39)35-21-38(28-59-27-35)62-47(71)8-6-10-61-53(78)43(58)7-4-5-9-60-46(32-70)67-17-15-65(30-49(74)75)13-11-64(29-48(72)73)12-14-66(16-18-67)31-50(76)77/h21-28,32,43,46,60H,4-20,29-31,33-34,58H2,1-3H3,(H,61,78)(H,62,71)(H,72,73)(H,74,75)(H,76,77)/t43-,46?/m1/s1. The van der Waals surface area contributed by atoms with Crippen LogP contribution in [-0.2, 0) is 40.1 Å². The van der Waals surface area contributed by atoms with Crippen molar-refractivity contribution in [1.82, 2.24) is 49.9 Å². The lowest BCUT2D eigenvalue weighted by atomic mass is 9.95. The Kier molecular flexibility index (Phi) is 22.5. The molecule has 0 saturated carbocycles. The normalized spacial score (nSPS) is 17.2. The number of halogens is 2. The number of unbranched alkanes of at least 4 members (excludes halogenated alkanes) is 1. The number of anilines is 1. The molecule has 7 rings (SSSR count). The van der Waals surface area contributed by atoms with Crippen molar-refractivity contribution in [3.63, 3.8) is 0 Å². The number of nitrogens with two attached hydrogens (primary N) is 1. The van der Waals surface area contributed by atoms with Crippen LogP contribution < -0.4 is 31.2 Å². The molecule has 0 radical (unpaired) electrons. The minimum absolute atomic E-state index is 0.0416. The van der Waals surface area contributed by atoms with Crippen molar-refractivity contribution in [2.45, 2.75) is 70.3 Å². The van der Waals surface area contributed by atoms with E-state index in [-0.39, 0.29) is 115 Å². The van der Waals surface area contributed by atoms with Crippen molar-refractivity contribution in [2.75, 3.05) is 117 Å². The van der Waals surface area contributed by atoms with Crippen LogP contribution in [0.3, 0.4) is 0 Å². The molecule has 2 fully saturated rings. The number of carboxylic acid groups (broad SMARTS) is 3. The molecule has 3 aliphatic heterocycles. The number of hydrogen-bond donors (Lipinski definition) is 7. The number of nitrogens with one attached hydrogen (secondary N) is 3. The Hall–Kier alpha value is -6.81. The van der Waals surface area contributed by atoms with Gasteiger partial charge in [-0.2, -0.15) is 5.10 Å². The van der Waals surface area contributed by atoms with E-state index < -0.39 is 35.7 Å². The summed E-state index contributed by atoms with van der Waals surface area (Å²) in [7, 11) is 1.53. The van der Waals surface area contributed by atoms with Crippen molar-refractivity contribution >= 4 is 70.8 Å². The van der Waals surface area contributed by atoms with Crippen molar-refractivity contribution in [3.8, 4) is 39.6 Å². The molecule has 2 aromatic carbocycles. The number of carboxylic acids is 3. The molecular weight excluding hydrogens is 1110 g/mol. The molecule has 0 bridgehead atoms. The monoisotopic (exact) mass is 1180 g/mol. The molecular formula is C55H72Cl2N12O13. The zero-order chi connectivity index (χ0) is 59.1. The van der Waals surface area contributed by atoms with E-state index in [9.17, 15) is 48.9 Å². The van der Waals surface area contributed by atoms with Crippen LogP contribution in [0.25, 0.3) is 28.1 Å². The number of nitrogens with zero attached hydrogens (tertiary/aromatic N) is 8. The zero-order valence-corrected chi connectivity index (χ0v) is 47.8. The summed E-state index contributed by atoms with van der Waals surface area (Å²) >= 11 is 13.0. The summed E-state index contributed by atoms with van der Waals surface area (Å²) < 4.78 is 19.5. The lowest BCUT2D eigenvalue weighted by Crippen LogP contribution is -2.55. The van der Waals surface area contributed by atoms with Gasteiger partial charge in [-0.1, -0.05) is 29.6 Å². The predicted octanol–water partition coefficient (Wildman–Crippen LogP) is 2.98. The Morgan fingerprint density at radius 1 is 0.805 bits per heavy atom. The molecule has 0 spiro atoms. The molecule has 25 nitrogen and oxygen atoms in total. The Labute approximate surface area is 484 Å². The number of fused-ring (bicyclic) bond motifs is 3. The Morgan fingerprint density at radius 2 is 1.44 bits per heavy atom. The largest absolute Gasteiger partial charge is 0.496 e. The first-order chi connectivity index (χ1) is 39.2. The number of hydrogen-bond acceptors (Lipinski definition) is 18. The van der Waals surface area contributed by atoms with Crippen LogP contribution in [0.1, 0.15) is 62.0 Å². The highest BCUT2D eigenvalue weighted by atomic mass is 35.5. The van der Waals surface area contributed by atoms with Crippen LogP contribution in [0.15, 0.2) is 48.8 Å². The average Bonchev–Trinajstić information content (AvgIpc) is 2.33. The van der Waals surface area contributed by atoms with E-state index in [2.05, 4.69) is 20.9 Å². The third-order valence-corrected chi connectivity index (χ3v) is 14.8. The Morgan fingerprint density at radius 3 is 2.04 bits per heavy atom. The lowest BCUT2D eigenvalue weighted by Gasteiger charge is -2.41. The molecule has 444 valence electrons. The fraction of sp³-hybridized carbons (Fsp3) is 0.509. The molecule has 82 heavy (non-hydrogen) atoms. The fourth-order valence-electron chi connectivity index (χ4n) is 10.1. The van der Waals surface area contributed by atoms with Crippen molar-refractivity contribution < 1.29 is 63.1 Å². The number of aldehydes is 1. The number of amides is 3. The maximum atomic E-state index is 14.4. The summed E-state index contributed by atoms with van der Waals surface area (Å²) in [6, 6.07) is 9.59.